The summed E-state index contributed by atoms with van der Waals surface area (Å²) in [6.07, 6.45) is 3.84. The van der Waals surface area contributed by atoms with E-state index in [4.69, 9.17) is 23.2 Å². The average molecular weight is 284 g/mol. The van der Waals surface area contributed by atoms with Gasteiger partial charge in [-0.25, -0.2) is 0 Å². The molecule has 0 saturated carbocycles. The third kappa shape index (κ3) is 3.88. The molecular formula is C15H19Cl2N. The minimum atomic E-state index is 0.254. The number of nitrogens with zero attached hydrogens (tertiary/aromatic N) is 1. The van der Waals surface area contributed by atoms with E-state index in [1.807, 2.05) is 24.3 Å². The largest absolute Gasteiger partial charge is 0.287 e. The van der Waals surface area contributed by atoms with Crippen molar-refractivity contribution in [2.45, 2.75) is 32.5 Å². The van der Waals surface area contributed by atoms with Gasteiger partial charge in [-0.05, 0) is 31.5 Å². The molecule has 0 radical (unpaired) electrons. The van der Waals surface area contributed by atoms with Crippen LogP contribution in [0.3, 0.4) is 0 Å². The van der Waals surface area contributed by atoms with Gasteiger partial charge in [0.1, 0.15) is 0 Å². The Hall–Kier alpha value is -0.760. The zero-order valence-corrected chi connectivity index (χ0v) is 12.4. The van der Waals surface area contributed by atoms with E-state index < -0.39 is 0 Å². The van der Waals surface area contributed by atoms with Crippen molar-refractivity contribution in [1.82, 2.24) is 4.90 Å². The molecule has 0 fully saturated rings. The Morgan fingerprint density at radius 2 is 1.72 bits per heavy atom. The SMILES string of the molecule is C=CC(C)N(Cc1ccc(Cl)cc1Cl)C(C)C=C. The molecule has 0 saturated heterocycles. The Labute approximate surface area is 120 Å². The van der Waals surface area contributed by atoms with Gasteiger partial charge in [0.05, 0.1) is 0 Å². The fourth-order valence-corrected chi connectivity index (χ4v) is 2.24. The maximum atomic E-state index is 6.21. The quantitative estimate of drug-likeness (QED) is 0.668. The highest BCUT2D eigenvalue weighted by molar-refractivity contribution is 6.35. The highest BCUT2D eigenvalue weighted by atomic mass is 35.5. The van der Waals surface area contributed by atoms with E-state index in [-0.39, 0.29) is 12.1 Å². The molecule has 18 heavy (non-hydrogen) atoms. The second-order valence-corrected chi connectivity index (χ2v) is 5.20. The van der Waals surface area contributed by atoms with Gasteiger partial charge in [-0.1, -0.05) is 41.4 Å². The van der Waals surface area contributed by atoms with Crippen molar-refractivity contribution in [2.24, 2.45) is 0 Å². The second kappa shape index (κ2) is 6.98. The average Bonchev–Trinajstić information content (AvgIpc) is 2.36. The van der Waals surface area contributed by atoms with Crippen LogP contribution in [0.2, 0.25) is 10.0 Å². The van der Waals surface area contributed by atoms with E-state index in [1.54, 1.807) is 6.07 Å². The molecule has 98 valence electrons. The van der Waals surface area contributed by atoms with Crippen LogP contribution < -0.4 is 0 Å². The van der Waals surface area contributed by atoms with E-state index >= 15 is 0 Å². The number of benzene rings is 1. The summed E-state index contributed by atoms with van der Waals surface area (Å²) < 4.78 is 0. The summed E-state index contributed by atoms with van der Waals surface area (Å²) in [7, 11) is 0. The molecule has 0 heterocycles. The van der Waals surface area contributed by atoms with Crippen LogP contribution in [-0.4, -0.2) is 17.0 Å². The fourth-order valence-electron chi connectivity index (χ4n) is 1.78. The van der Waals surface area contributed by atoms with Crippen LogP contribution in [0.4, 0.5) is 0 Å². The predicted octanol–water partition coefficient (Wildman–Crippen LogP) is 4.94. The first-order chi connectivity index (χ1) is 8.49. The number of hydrogen-bond donors (Lipinski definition) is 0. The number of halogens is 2. The van der Waals surface area contributed by atoms with Gasteiger partial charge in [-0.3, -0.25) is 4.90 Å². The van der Waals surface area contributed by atoms with Crippen molar-refractivity contribution in [1.29, 1.82) is 0 Å². The van der Waals surface area contributed by atoms with Gasteiger partial charge in [0, 0.05) is 28.7 Å². The van der Waals surface area contributed by atoms with Crippen LogP contribution in [0.25, 0.3) is 0 Å². The third-order valence-electron chi connectivity index (χ3n) is 3.10. The minimum Gasteiger partial charge on any atom is -0.287 e. The zero-order chi connectivity index (χ0) is 13.7. The molecule has 0 spiro atoms. The highest BCUT2D eigenvalue weighted by Gasteiger charge is 2.17. The summed E-state index contributed by atoms with van der Waals surface area (Å²) in [4.78, 5) is 2.27. The summed E-state index contributed by atoms with van der Waals surface area (Å²) in [5.74, 6) is 0. The van der Waals surface area contributed by atoms with Gasteiger partial charge in [-0.2, -0.15) is 0 Å². The summed E-state index contributed by atoms with van der Waals surface area (Å²) >= 11 is 12.1. The monoisotopic (exact) mass is 283 g/mol. The van der Waals surface area contributed by atoms with Crippen LogP contribution in [0.5, 0.6) is 0 Å². The van der Waals surface area contributed by atoms with Gasteiger partial charge in [0.15, 0.2) is 0 Å². The molecular weight excluding hydrogens is 265 g/mol. The van der Waals surface area contributed by atoms with Gasteiger partial charge >= 0.3 is 0 Å². The Balaban J connectivity index is 2.95. The normalized spacial score (nSPS) is 14.3. The smallest absolute Gasteiger partial charge is 0.0465 e. The molecule has 0 aromatic heterocycles. The first-order valence-electron chi connectivity index (χ1n) is 5.94. The first-order valence-corrected chi connectivity index (χ1v) is 6.70. The minimum absolute atomic E-state index is 0.254. The standard InChI is InChI=1S/C15H19Cl2N/c1-5-11(3)18(12(4)6-2)10-13-7-8-14(16)9-15(13)17/h5-9,11-12H,1-2,10H2,3-4H3. The molecule has 2 atom stereocenters. The second-order valence-electron chi connectivity index (χ2n) is 4.36. The number of hydrogen-bond acceptors (Lipinski definition) is 1. The van der Waals surface area contributed by atoms with Crippen LogP contribution >= 0.6 is 23.2 Å². The molecule has 1 aromatic rings. The maximum absolute atomic E-state index is 6.21. The van der Waals surface area contributed by atoms with Crippen molar-refractivity contribution in [3.8, 4) is 0 Å². The van der Waals surface area contributed by atoms with E-state index in [2.05, 4.69) is 31.9 Å². The molecule has 1 rings (SSSR count). The van der Waals surface area contributed by atoms with E-state index in [1.165, 1.54) is 0 Å². The van der Waals surface area contributed by atoms with Crippen molar-refractivity contribution >= 4 is 23.2 Å². The molecule has 0 bridgehead atoms. The topological polar surface area (TPSA) is 3.24 Å². The lowest BCUT2D eigenvalue weighted by atomic mass is 10.1. The van der Waals surface area contributed by atoms with Crippen molar-refractivity contribution in [3.05, 3.63) is 59.1 Å². The Kier molecular flexibility index (Phi) is 5.94. The van der Waals surface area contributed by atoms with Crippen LogP contribution in [0, 0.1) is 0 Å². The van der Waals surface area contributed by atoms with Gasteiger partial charge in [0.25, 0.3) is 0 Å². The molecule has 2 unspecified atom stereocenters. The highest BCUT2D eigenvalue weighted by Crippen LogP contribution is 2.24. The van der Waals surface area contributed by atoms with Gasteiger partial charge < -0.3 is 0 Å². The van der Waals surface area contributed by atoms with E-state index in [9.17, 15) is 0 Å². The first kappa shape index (κ1) is 15.3. The molecule has 0 amide bonds. The fraction of sp³-hybridized carbons (Fsp3) is 0.333. The Morgan fingerprint density at radius 1 is 1.17 bits per heavy atom. The molecule has 0 aliphatic carbocycles. The third-order valence-corrected chi connectivity index (χ3v) is 3.68. The van der Waals surface area contributed by atoms with Gasteiger partial charge in [0.2, 0.25) is 0 Å². The van der Waals surface area contributed by atoms with Crippen LogP contribution in [0.1, 0.15) is 19.4 Å². The van der Waals surface area contributed by atoms with Crippen LogP contribution in [0.15, 0.2) is 43.5 Å². The predicted molar refractivity (Wildman–Crippen MR) is 81.3 cm³/mol. The molecule has 1 aromatic carbocycles. The molecule has 0 aliphatic heterocycles. The number of rotatable bonds is 6. The summed E-state index contributed by atoms with van der Waals surface area (Å²) in [6, 6.07) is 6.10. The van der Waals surface area contributed by atoms with E-state index in [0.29, 0.717) is 10.0 Å². The Bertz CT molecular complexity index is 415. The lowest BCUT2D eigenvalue weighted by molar-refractivity contribution is 0.201. The van der Waals surface area contributed by atoms with Crippen molar-refractivity contribution in [2.75, 3.05) is 0 Å². The zero-order valence-electron chi connectivity index (χ0n) is 10.9. The summed E-state index contributed by atoms with van der Waals surface area (Å²) in [5.41, 5.74) is 1.06. The molecule has 0 aliphatic rings. The van der Waals surface area contributed by atoms with Crippen LogP contribution in [-0.2, 0) is 6.54 Å². The van der Waals surface area contributed by atoms with Crippen molar-refractivity contribution in [3.63, 3.8) is 0 Å². The maximum Gasteiger partial charge on any atom is 0.0465 e. The summed E-state index contributed by atoms with van der Waals surface area (Å²) in [6.45, 7) is 12.7. The Morgan fingerprint density at radius 3 is 2.17 bits per heavy atom. The lowest BCUT2D eigenvalue weighted by Crippen LogP contribution is -2.37. The molecule has 3 heteroatoms. The van der Waals surface area contributed by atoms with Gasteiger partial charge in [-0.15, -0.1) is 13.2 Å². The molecule has 0 N–H and O–H groups in total. The molecule has 1 nitrogen and oxygen atoms in total. The summed E-state index contributed by atoms with van der Waals surface area (Å²) in [5, 5.41) is 1.35. The van der Waals surface area contributed by atoms with E-state index in [0.717, 1.165) is 12.1 Å². The van der Waals surface area contributed by atoms with Crippen molar-refractivity contribution < 1.29 is 0 Å². The lowest BCUT2D eigenvalue weighted by Gasteiger charge is -2.31.